The number of carbonyl (C=O) groups is 2. The van der Waals surface area contributed by atoms with E-state index in [0.29, 0.717) is 41.8 Å². The van der Waals surface area contributed by atoms with Crippen LogP contribution in [0.3, 0.4) is 0 Å². The van der Waals surface area contributed by atoms with Crippen molar-refractivity contribution in [2.45, 2.75) is 13.5 Å². The second kappa shape index (κ2) is 12.9. The van der Waals surface area contributed by atoms with E-state index < -0.39 is 5.91 Å². The number of piperazine rings is 1. The molecule has 4 rings (SSSR count). The number of rotatable bonds is 9. The first-order chi connectivity index (χ1) is 18.4. The van der Waals surface area contributed by atoms with Gasteiger partial charge in [0.2, 0.25) is 11.7 Å². The fraction of sp³-hybridized carbons (Fsp3) is 0.207. The second-order valence-corrected chi connectivity index (χ2v) is 9.19. The number of halogens is 1. The largest absolute Gasteiger partial charge is 0.449 e. The number of hydrogen-bond acceptors (Lipinski definition) is 6. The summed E-state index contributed by atoms with van der Waals surface area (Å²) in [7, 11) is 0. The van der Waals surface area contributed by atoms with Gasteiger partial charge >= 0.3 is 0 Å². The highest BCUT2D eigenvalue weighted by Crippen LogP contribution is 2.27. The predicted molar refractivity (Wildman–Crippen MR) is 150 cm³/mol. The van der Waals surface area contributed by atoms with Gasteiger partial charge in [-0.05, 0) is 53.1 Å². The first kappa shape index (κ1) is 26.9. The fourth-order valence-electron chi connectivity index (χ4n) is 4.14. The Morgan fingerprint density at radius 1 is 1.03 bits per heavy atom. The Hall–Kier alpha value is -4.14. The van der Waals surface area contributed by atoms with Gasteiger partial charge in [0.05, 0.1) is 0 Å². The van der Waals surface area contributed by atoms with Crippen molar-refractivity contribution in [1.82, 2.24) is 15.5 Å². The highest BCUT2D eigenvalue weighted by atomic mass is 35.5. The van der Waals surface area contributed by atoms with E-state index in [1.54, 1.807) is 36.4 Å². The number of ether oxygens (including phenoxy) is 1. The molecule has 1 saturated heterocycles. The summed E-state index contributed by atoms with van der Waals surface area (Å²) >= 11 is 5.98. The summed E-state index contributed by atoms with van der Waals surface area (Å²) in [6, 6.07) is 22.1. The van der Waals surface area contributed by atoms with Crippen molar-refractivity contribution < 1.29 is 14.3 Å². The number of carbonyl (C=O) groups excluding carboxylic acids is 2. The third-order valence-electron chi connectivity index (χ3n) is 6.07. The summed E-state index contributed by atoms with van der Waals surface area (Å²) in [5, 5.41) is 17.6. The van der Waals surface area contributed by atoms with Crippen molar-refractivity contribution in [2.24, 2.45) is 0 Å². The molecule has 4 N–H and O–H groups in total. The zero-order valence-corrected chi connectivity index (χ0v) is 21.8. The van der Waals surface area contributed by atoms with Crippen LogP contribution in [0.5, 0.6) is 5.75 Å². The van der Waals surface area contributed by atoms with E-state index in [9.17, 15) is 9.59 Å². The monoisotopic (exact) mass is 531 g/mol. The molecule has 0 aliphatic carbocycles. The van der Waals surface area contributed by atoms with Crippen molar-refractivity contribution in [1.29, 1.82) is 5.41 Å². The van der Waals surface area contributed by atoms with E-state index in [0.717, 1.165) is 36.0 Å². The third kappa shape index (κ3) is 7.00. The average Bonchev–Trinajstić information content (AvgIpc) is 2.94. The fourth-order valence-corrected chi connectivity index (χ4v) is 4.26. The molecule has 0 bridgehead atoms. The van der Waals surface area contributed by atoms with Crippen LogP contribution < -0.4 is 20.7 Å². The maximum Gasteiger partial charge on any atom is 0.293 e. The summed E-state index contributed by atoms with van der Waals surface area (Å²) in [5.74, 6) is -0.0557. The first-order valence-electron chi connectivity index (χ1n) is 12.3. The summed E-state index contributed by atoms with van der Waals surface area (Å²) in [6.07, 6.45) is 1.16. The molecule has 8 nitrogen and oxygen atoms in total. The normalized spacial score (nSPS) is 13.8. The second-order valence-electron chi connectivity index (χ2n) is 8.75. The summed E-state index contributed by atoms with van der Waals surface area (Å²) in [5.41, 5.74) is 3.90. The molecular weight excluding hydrogens is 502 g/mol. The van der Waals surface area contributed by atoms with Gasteiger partial charge in [0.15, 0.2) is 0 Å². The number of nitrogens with zero attached hydrogens (tertiary/aromatic N) is 1. The van der Waals surface area contributed by atoms with Crippen LogP contribution in [0, 0.1) is 5.41 Å². The number of amides is 2. The van der Waals surface area contributed by atoms with Crippen LogP contribution in [0.2, 0.25) is 5.02 Å². The molecular formula is C29H30ClN5O3. The molecule has 3 aromatic carbocycles. The highest BCUT2D eigenvalue weighted by molar-refractivity contribution is 6.30. The maximum atomic E-state index is 13.4. The lowest BCUT2D eigenvalue weighted by molar-refractivity contribution is -0.119. The average molecular weight is 532 g/mol. The van der Waals surface area contributed by atoms with E-state index in [4.69, 9.17) is 21.7 Å². The van der Waals surface area contributed by atoms with E-state index in [-0.39, 0.29) is 11.7 Å². The molecule has 1 heterocycles. The minimum atomic E-state index is -0.464. The minimum Gasteiger partial charge on any atom is -0.449 e. The number of hydrogen-bond donors (Lipinski definition) is 4. The molecule has 0 spiro atoms. The molecule has 2 amide bonds. The molecule has 0 saturated carbocycles. The summed E-state index contributed by atoms with van der Waals surface area (Å²) < 4.78 is 6.15. The molecule has 0 atom stereocenters. The summed E-state index contributed by atoms with van der Waals surface area (Å²) in [4.78, 5) is 26.8. The van der Waals surface area contributed by atoms with Gasteiger partial charge in [-0.15, -0.1) is 0 Å². The molecule has 1 aliphatic heterocycles. The zero-order chi connectivity index (χ0) is 26.9. The van der Waals surface area contributed by atoms with Gasteiger partial charge in [0, 0.05) is 56.6 Å². The molecule has 0 aromatic heterocycles. The van der Waals surface area contributed by atoms with Crippen LogP contribution in [-0.2, 0) is 16.1 Å². The van der Waals surface area contributed by atoms with Crippen LogP contribution in [0.1, 0.15) is 12.5 Å². The molecule has 1 fully saturated rings. The topological polar surface area (TPSA) is 107 Å². The van der Waals surface area contributed by atoms with Crippen molar-refractivity contribution in [2.75, 3.05) is 31.5 Å². The van der Waals surface area contributed by atoms with Gasteiger partial charge in [0.1, 0.15) is 11.4 Å². The number of nitrogens with one attached hydrogen (secondary N) is 4. The van der Waals surface area contributed by atoms with E-state index in [1.165, 1.54) is 6.92 Å². The Morgan fingerprint density at radius 2 is 1.71 bits per heavy atom. The van der Waals surface area contributed by atoms with Gasteiger partial charge in [-0.1, -0.05) is 48.0 Å². The van der Waals surface area contributed by atoms with E-state index in [2.05, 4.69) is 16.0 Å². The Balaban J connectivity index is 1.61. The SMILES string of the molecule is CC(=O)NCc1ccccc1-c1ccc(O/C(C(=O)Nc2ccc(Cl)cc2)=C(/C=N)N2CCNCC2)cc1. The lowest BCUT2D eigenvalue weighted by Gasteiger charge is -2.30. The predicted octanol–water partition coefficient (Wildman–Crippen LogP) is 4.43. The Labute approximate surface area is 227 Å². The van der Waals surface area contributed by atoms with Crippen LogP contribution in [0.25, 0.3) is 11.1 Å². The number of benzene rings is 3. The lowest BCUT2D eigenvalue weighted by atomic mass is 9.99. The number of allylic oxidation sites excluding steroid dienone is 1. The molecule has 38 heavy (non-hydrogen) atoms. The first-order valence-corrected chi connectivity index (χ1v) is 12.7. The minimum absolute atomic E-state index is 0.0376. The van der Waals surface area contributed by atoms with Crippen LogP contribution in [-0.4, -0.2) is 49.1 Å². The molecule has 0 unspecified atom stereocenters. The van der Waals surface area contributed by atoms with Crippen LogP contribution in [0.15, 0.2) is 84.3 Å². The standard InChI is InChI=1S/C29H30ClN5O3/c1-20(36)33-19-22-4-2-3-5-26(22)21-6-12-25(13-7-21)38-28(27(18-31)35-16-14-32-15-17-35)29(37)34-24-10-8-23(30)9-11-24/h2-13,18,31-32H,14-17,19H2,1H3,(H,33,36)(H,34,37)/b28-27-,31-18?. The summed E-state index contributed by atoms with van der Waals surface area (Å²) in [6.45, 7) is 4.71. The van der Waals surface area contributed by atoms with Gasteiger partial charge < -0.3 is 31.0 Å². The molecule has 1 aliphatic rings. The van der Waals surface area contributed by atoms with E-state index in [1.807, 2.05) is 41.3 Å². The molecule has 9 heteroatoms. The molecule has 0 radical (unpaired) electrons. The van der Waals surface area contributed by atoms with Crippen molar-refractivity contribution in [3.05, 3.63) is 94.8 Å². The number of anilines is 1. The zero-order valence-electron chi connectivity index (χ0n) is 21.1. The Morgan fingerprint density at radius 3 is 2.37 bits per heavy atom. The molecule has 3 aromatic rings. The van der Waals surface area contributed by atoms with Crippen molar-refractivity contribution >= 4 is 35.3 Å². The Kier molecular flexibility index (Phi) is 9.13. The van der Waals surface area contributed by atoms with Gasteiger partial charge in [-0.25, -0.2) is 0 Å². The smallest absolute Gasteiger partial charge is 0.293 e. The van der Waals surface area contributed by atoms with Crippen molar-refractivity contribution in [3.63, 3.8) is 0 Å². The van der Waals surface area contributed by atoms with Gasteiger partial charge in [-0.2, -0.15) is 0 Å². The van der Waals surface area contributed by atoms with Crippen LogP contribution >= 0.6 is 11.6 Å². The third-order valence-corrected chi connectivity index (χ3v) is 6.32. The maximum absolute atomic E-state index is 13.4. The van der Waals surface area contributed by atoms with Gasteiger partial charge in [-0.3, -0.25) is 9.59 Å². The Bertz CT molecular complexity index is 1320. The van der Waals surface area contributed by atoms with E-state index >= 15 is 0 Å². The highest BCUT2D eigenvalue weighted by Gasteiger charge is 2.23. The van der Waals surface area contributed by atoms with Crippen LogP contribution in [0.4, 0.5) is 5.69 Å². The quantitative estimate of drug-likeness (QED) is 0.186. The lowest BCUT2D eigenvalue weighted by Crippen LogP contribution is -2.44. The van der Waals surface area contributed by atoms with Gasteiger partial charge in [0.25, 0.3) is 5.91 Å². The molecule has 196 valence electrons. The van der Waals surface area contributed by atoms with Crippen molar-refractivity contribution in [3.8, 4) is 16.9 Å².